The first kappa shape index (κ1) is 17.9. The number of aromatic amines is 1. The first-order chi connectivity index (χ1) is 12.6. The summed E-state index contributed by atoms with van der Waals surface area (Å²) in [5.41, 5.74) is 3.19. The fraction of sp³-hybridized carbons (Fsp3) is 0.400. The van der Waals surface area contributed by atoms with Gasteiger partial charge in [-0.25, -0.2) is 0 Å². The summed E-state index contributed by atoms with van der Waals surface area (Å²) in [5, 5.41) is 18.1. The normalized spacial score (nSPS) is 14.0. The zero-order chi connectivity index (χ0) is 18.4. The average Bonchev–Trinajstić information content (AvgIpc) is 3.28. The van der Waals surface area contributed by atoms with Crippen LogP contribution in [0.25, 0.3) is 0 Å². The number of aryl methyl sites for hydroxylation is 3. The summed E-state index contributed by atoms with van der Waals surface area (Å²) in [7, 11) is 0. The van der Waals surface area contributed by atoms with Crippen LogP contribution in [0.15, 0.2) is 40.6 Å². The lowest BCUT2D eigenvalue weighted by Crippen LogP contribution is -2.17. The molecule has 1 amide bonds. The number of H-pyrrole nitrogens is 1. The van der Waals surface area contributed by atoms with Crippen molar-refractivity contribution in [3.05, 3.63) is 47.2 Å². The standard InChI is InChI=1S/C20H23N5O/c1-3-4-12-20(24-25-20)13-11-19(26)21-18-14-17(22-23-18)10-9-16-8-6-5-7-15(16)2/h1,5-8,14H,4,9-13H2,2H3,(H2,21,22,23,26). The van der Waals surface area contributed by atoms with E-state index in [0.717, 1.165) is 18.5 Å². The van der Waals surface area contributed by atoms with Crippen molar-refractivity contribution in [2.45, 2.75) is 51.1 Å². The summed E-state index contributed by atoms with van der Waals surface area (Å²) < 4.78 is 0. The summed E-state index contributed by atoms with van der Waals surface area (Å²) >= 11 is 0. The smallest absolute Gasteiger partial charge is 0.225 e. The van der Waals surface area contributed by atoms with Crippen molar-refractivity contribution >= 4 is 11.7 Å². The van der Waals surface area contributed by atoms with Crippen LogP contribution in [0.2, 0.25) is 0 Å². The van der Waals surface area contributed by atoms with Crippen molar-refractivity contribution < 1.29 is 4.79 Å². The van der Waals surface area contributed by atoms with E-state index in [1.165, 1.54) is 11.1 Å². The van der Waals surface area contributed by atoms with Gasteiger partial charge < -0.3 is 5.32 Å². The lowest BCUT2D eigenvalue weighted by Gasteiger charge is -2.07. The highest BCUT2D eigenvalue weighted by Crippen LogP contribution is 2.37. The Hall–Kier alpha value is -2.94. The minimum atomic E-state index is -0.423. The van der Waals surface area contributed by atoms with Gasteiger partial charge in [-0.1, -0.05) is 24.3 Å². The molecule has 1 aliphatic rings. The lowest BCUT2D eigenvalue weighted by molar-refractivity contribution is -0.116. The molecule has 6 nitrogen and oxygen atoms in total. The van der Waals surface area contributed by atoms with Crippen LogP contribution in [-0.4, -0.2) is 21.8 Å². The third-order valence-electron chi connectivity index (χ3n) is 4.63. The fourth-order valence-electron chi connectivity index (χ4n) is 2.90. The Labute approximate surface area is 153 Å². The number of anilines is 1. The molecule has 26 heavy (non-hydrogen) atoms. The average molecular weight is 349 g/mol. The largest absolute Gasteiger partial charge is 0.309 e. The quantitative estimate of drug-likeness (QED) is 0.675. The first-order valence-corrected chi connectivity index (χ1v) is 8.86. The monoisotopic (exact) mass is 349 g/mol. The van der Waals surface area contributed by atoms with E-state index in [1.807, 2.05) is 12.1 Å². The molecule has 2 N–H and O–H groups in total. The van der Waals surface area contributed by atoms with E-state index in [-0.39, 0.29) is 5.91 Å². The number of carbonyl (C=O) groups excluding carboxylic acids is 1. The molecule has 1 aromatic carbocycles. The molecule has 2 heterocycles. The van der Waals surface area contributed by atoms with Gasteiger partial charge in [0.2, 0.25) is 5.91 Å². The third kappa shape index (κ3) is 4.79. The fourth-order valence-corrected chi connectivity index (χ4v) is 2.90. The van der Waals surface area contributed by atoms with Gasteiger partial charge in [0, 0.05) is 37.4 Å². The molecule has 1 aliphatic heterocycles. The van der Waals surface area contributed by atoms with Crippen molar-refractivity contribution in [3.63, 3.8) is 0 Å². The SMILES string of the molecule is C#CCCC1(CCC(=O)Nc2cc(CCc3ccccc3C)[nH]n2)N=N1. The maximum Gasteiger partial charge on any atom is 0.225 e. The molecule has 0 saturated carbocycles. The van der Waals surface area contributed by atoms with Gasteiger partial charge in [-0.2, -0.15) is 15.3 Å². The van der Waals surface area contributed by atoms with E-state index in [0.29, 0.717) is 31.5 Å². The van der Waals surface area contributed by atoms with Gasteiger partial charge >= 0.3 is 0 Å². The number of carbonyl (C=O) groups is 1. The van der Waals surface area contributed by atoms with Crippen molar-refractivity contribution in [2.24, 2.45) is 10.2 Å². The van der Waals surface area contributed by atoms with Gasteiger partial charge in [0.05, 0.1) is 0 Å². The van der Waals surface area contributed by atoms with Crippen molar-refractivity contribution in [1.29, 1.82) is 0 Å². The zero-order valence-electron chi connectivity index (χ0n) is 15.0. The summed E-state index contributed by atoms with van der Waals surface area (Å²) in [6.07, 6.45) is 9.32. The number of rotatable bonds is 9. The Morgan fingerprint density at radius 2 is 2.08 bits per heavy atom. The topological polar surface area (TPSA) is 82.5 Å². The van der Waals surface area contributed by atoms with Gasteiger partial charge in [-0.15, -0.1) is 12.3 Å². The van der Waals surface area contributed by atoms with Gasteiger partial charge in [0.1, 0.15) is 0 Å². The molecule has 0 spiro atoms. The van der Waals surface area contributed by atoms with Crippen LogP contribution >= 0.6 is 0 Å². The molecule has 0 fully saturated rings. The molecule has 3 rings (SSSR count). The van der Waals surface area contributed by atoms with Gasteiger partial charge in [0.15, 0.2) is 11.5 Å². The Bertz CT molecular complexity index is 840. The molecule has 0 unspecified atom stereocenters. The van der Waals surface area contributed by atoms with Crippen LogP contribution in [0.4, 0.5) is 5.82 Å². The van der Waals surface area contributed by atoms with Crippen molar-refractivity contribution in [3.8, 4) is 12.3 Å². The van der Waals surface area contributed by atoms with E-state index in [4.69, 9.17) is 6.42 Å². The Morgan fingerprint density at radius 1 is 1.27 bits per heavy atom. The second kappa shape index (κ2) is 7.96. The first-order valence-electron chi connectivity index (χ1n) is 8.86. The number of nitrogens with one attached hydrogen (secondary N) is 2. The highest BCUT2D eigenvalue weighted by molar-refractivity contribution is 5.89. The molecule has 0 saturated heterocycles. The molecule has 134 valence electrons. The molecule has 0 bridgehead atoms. The summed E-state index contributed by atoms with van der Waals surface area (Å²) in [6.45, 7) is 2.11. The van der Waals surface area contributed by atoms with Crippen LogP contribution in [0.1, 0.15) is 42.5 Å². The molecule has 1 aromatic heterocycles. The van der Waals surface area contributed by atoms with Crippen molar-refractivity contribution in [2.75, 3.05) is 5.32 Å². The van der Waals surface area contributed by atoms with E-state index >= 15 is 0 Å². The van der Waals surface area contributed by atoms with E-state index in [1.54, 1.807) is 0 Å². The predicted molar refractivity (Wildman–Crippen MR) is 101 cm³/mol. The number of benzene rings is 1. The minimum Gasteiger partial charge on any atom is -0.309 e. The predicted octanol–water partition coefficient (Wildman–Crippen LogP) is 3.80. The Kier molecular flexibility index (Phi) is 5.47. The van der Waals surface area contributed by atoms with E-state index < -0.39 is 5.66 Å². The number of terminal acetylenes is 1. The minimum absolute atomic E-state index is 0.0839. The maximum atomic E-state index is 12.1. The maximum absolute atomic E-state index is 12.1. The molecule has 0 radical (unpaired) electrons. The molecule has 6 heteroatoms. The lowest BCUT2D eigenvalue weighted by atomic mass is 10.0. The number of nitrogens with zero attached hydrogens (tertiary/aromatic N) is 3. The Morgan fingerprint density at radius 3 is 2.81 bits per heavy atom. The summed E-state index contributed by atoms with van der Waals surface area (Å²) in [6, 6.07) is 10.2. The second-order valence-electron chi connectivity index (χ2n) is 6.64. The summed E-state index contributed by atoms with van der Waals surface area (Å²) in [4.78, 5) is 12.1. The highest BCUT2D eigenvalue weighted by atomic mass is 16.1. The second-order valence-corrected chi connectivity index (χ2v) is 6.64. The molecular weight excluding hydrogens is 326 g/mol. The number of aromatic nitrogens is 2. The highest BCUT2D eigenvalue weighted by Gasteiger charge is 2.39. The van der Waals surface area contributed by atoms with Gasteiger partial charge in [0.25, 0.3) is 0 Å². The van der Waals surface area contributed by atoms with Crippen LogP contribution in [0, 0.1) is 19.3 Å². The van der Waals surface area contributed by atoms with Crippen LogP contribution < -0.4 is 5.32 Å². The van der Waals surface area contributed by atoms with Gasteiger partial charge in [-0.05, 0) is 30.9 Å². The van der Waals surface area contributed by atoms with E-state index in [2.05, 4.69) is 56.8 Å². The van der Waals surface area contributed by atoms with Crippen molar-refractivity contribution in [1.82, 2.24) is 10.2 Å². The molecule has 0 atom stereocenters. The molecular formula is C20H23N5O. The third-order valence-corrected chi connectivity index (χ3v) is 4.63. The molecule has 2 aromatic rings. The number of amides is 1. The van der Waals surface area contributed by atoms with Crippen LogP contribution in [0.5, 0.6) is 0 Å². The zero-order valence-corrected chi connectivity index (χ0v) is 15.0. The van der Waals surface area contributed by atoms with E-state index in [9.17, 15) is 4.79 Å². The number of hydrogen-bond acceptors (Lipinski definition) is 4. The summed E-state index contributed by atoms with van der Waals surface area (Å²) in [5.74, 6) is 3.06. The molecule has 0 aliphatic carbocycles. The van der Waals surface area contributed by atoms with Crippen LogP contribution in [0.3, 0.4) is 0 Å². The van der Waals surface area contributed by atoms with Crippen LogP contribution in [-0.2, 0) is 17.6 Å². The number of hydrogen-bond donors (Lipinski definition) is 2. The van der Waals surface area contributed by atoms with Gasteiger partial charge in [-0.3, -0.25) is 9.89 Å². The Balaban J connectivity index is 1.44.